The van der Waals surface area contributed by atoms with Gasteiger partial charge in [-0.2, -0.15) is 0 Å². The molecule has 21 heavy (non-hydrogen) atoms. The molecule has 1 unspecified atom stereocenters. The summed E-state index contributed by atoms with van der Waals surface area (Å²) >= 11 is 6.01. The molecule has 0 fully saturated rings. The van der Waals surface area contributed by atoms with E-state index in [1.807, 2.05) is 50.2 Å². The fraction of sp³-hybridized carbons (Fsp3) is 0.235. The molecule has 0 aliphatic carbocycles. The monoisotopic (exact) mass is 302 g/mol. The van der Waals surface area contributed by atoms with E-state index >= 15 is 0 Å². The van der Waals surface area contributed by atoms with Gasteiger partial charge in [-0.15, -0.1) is 0 Å². The predicted molar refractivity (Wildman–Crippen MR) is 87.6 cm³/mol. The van der Waals surface area contributed by atoms with Gasteiger partial charge < -0.3 is 10.6 Å². The molecule has 0 aliphatic rings. The van der Waals surface area contributed by atoms with Crippen LogP contribution in [0, 0.1) is 6.92 Å². The smallest absolute Gasteiger partial charge is 0.256 e. The Morgan fingerprint density at radius 1 is 1.24 bits per heavy atom. The first-order valence-electron chi connectivity index (χ1n) is 6.79. The molecule has 1 amide bonds. The van der Waals surface area contributed by atoms with E-state index in [-0.39, 0.29) is 11.9 Å². The Morgan fingerprint density at radius 2 is 1.95 bits per heavy atom. The molecule has 0 heterocycles. The molecular weight excluding hydrogens is 284 g/mol. The molecule has 0 radical (unpaired) electrons. The second-order valence-electron chi connectivity index (χ2n) is 5.24. The van der Waals surface area contributed by atoms with Crippen LogP contribution in [0.1, 0.15) is 34.5 Å². The van der Waals surface area contributed by atoms with E-state index in [0.717, 1.165) is 11.1 Å². The van der Waals surface area contributed by atoms with Gasteiger partial charge in [-0.05, 0) is 43.7 Å². The molecule has 4 heteroatoms. The van der Waals surface area contributed by atoms with Gasteiger partial charge in [0.1, 0.15) is 0 Å². The Morgan fingerprint density at radius 3 is 2.62 bits per heavy atom. The summed E-state index contributed by atoms with van der Waals surface area (Å²) in [5.41, 5.74) is 8.95. The van der Waals surface area contributed by atoms with Crippen LogP contribution in [0.2, 0.25) is 5.02 Å². The quantitative estimate of drug-likeness (QED) is 0.869. The lowest BCUT2D eigenvalue weighted by molar-refractivity contribution is 0.0743. The number of anilines is 1. The number of carbonyl (C=O) groups excluding carboxylic acids is 1. The molecule has 0 aromatic heterocycles. The van der Waals surface area contributed by atoms with Crippen LogP contribution < -0.4 is 5.73 Å². The summed E-state index contributed by atoms with van der Waals surface area (Å²) in [4.78, 5) is 14.3. The maximum atomic E-state index is 12.6. The lowest BCUT2D eigenvalue weighted by atomic mass is 10.0. The topological polar surface area (TPSA) is 46.3 Å². The van der Waals surface area contributed by atoms with E-state index in [1.54, 1.807) is 18.0 Å². The largest absolute Gasteiger partial charge is 0.398 e. The second-order valence-corrected chi connectivity index (χ2v) is 5.67. The minimum Gasteiger partial charge on any atom is -0.398 e. The van der Waals surface area contributed by atoms with E-state index < -0.39 is 0 Å². The zero-order chi connectivity index (χ0) is 15.6. The Labute approximate surface area is 130 Å². The number of hydrogen-bond acceptors (Lipinski definition) is 2. The summed E-state index contributed by atoms with van der Waals surface area (Å²) in [7, 11) is 1.77. The molecule has 0 bridgehead atoms. The highest BCUT2D eigenvalue weighted by Crippen LogP contribution is 2.25. The van der Waals surface area contributed by atoms with Gasteiger partial charge in [0.2, 0.25) is 0 Å². The van der Waals surface area contributed by atoms with Gasteiger partial charge in [-0.25, -0.2) is 0 Å². The van der Waals surface area contributed by atoms with Gasteiger partial charge in [0, 0.05) is 17.8 Å². The third kappa shape index (κ3) is 3.37. The van der Waals surface area contributed by atoms with Gasteiger partial charge in [-0.3, -0.25) is 4.79 Å². The number of nitrogens with zero attached hydrogens (tertiary/aromatic N) is 1. The fourth-order valence-corrected chi connectivity index (χ4v) is 2.41. The first kappa shape index (κ1) is 15.4. The van der Waals surface area contributed by atoms with E-state index in [9.17, 15) is 4.79 Å². The van der Waals surface area contributed by atoms with Crippen LogP contribution in [0.4, 0.5) is 5.69 Å². The highest BCUT2D eigenvalue weighted by molar-refractivity contribution is 6.30. The molecule has 0 saturated carbocycles. The van der Waals surface area contributed by atoms with Crippen LogP contribution in [0.5, 0.6) is 0 Å². The van der Waals surface area contributed by atoms with Crippen molar-refractivity contribution in [3.8, 4) is 0 Å². The molecule has 1 atom stereocenters. The number of rotatable bonds is 3. The summed E-state index contributed by atoms with van der Waals surface area (Å²) in [5, 5.41) is 0.662. The van der Waals surface area contributed by atoms with Gasteiger partial charge in [0.25, 0.3) is 5.91 Å². The van der Waals surface area contributed by atoms with Crippen molar-refractivity contribution in [2.75, 3.05) is 12.8 Å². The molecule has 110 valence electrons. The highest BCUT2D eigenvalue weighted by atomic mass is 35.5. The third-order valence-electron chi connectivity index (χ3n) is 3.67. The zero-order valence-corrected chi connectivity index (χ0v) is 13.2. The Hall–Kier alpha value is -2.00. The lowest BCUT2D eigenvalue weighted by Crippen LogP contribution is -2.30. The van der Waals surface area contributed by atoms with Crippen molar-refractivity contribution < 1.29 is 4.79 Å². The summed E-state index contributed by atoms with van der Waals surface area (Å²) in [6.45, 7) is 3.91. The molecule has 0 spiro atoms. The lowest BCUT2D eigenvalue weighted by Gasteiger charge is -2.26. The van der Waals surface area contributed by atoms with Gasteiger partial charge in [-0.1, -0.05) is 35.4 Å². The average molecular weight is 303 g/mol. The number of halogens is 1. The first-order valence-corrected chi connectivity index (χ1v) is 7.16. The number of nitrogen functional groups attached to an aromatic ring is 1. The standard InChI is InChI=1S/C17H19ClN2O/c1-11-7-8-16(19)15(9-11)17(21)20(3)12(2)13-5-4-6-14(18)10-13/h4-10,12H,19H2,1-3H3. The van der Waals surface area contributed by atoms with Crippen molar-refractivity contribution in [2.24, 2.45) is 0 Å². The number of amides is 1. The molecule has 2 aromatic rings. The van der Waals surface area contributed by atoms with Gasteiger partial charge >= 0.3 is 0 Å². The Kier molecular flexibility index (Phi) is 4.53. The van der Waals surface area contributed by atoms with Crippen molar-refractivity contribution in [3.05, 3.63) is 64.2 Å². The SMILES string of the molecule is Cc1ccc(N)c(C(=O)N(C)C(C)c2cccc(Cl)c2)c1. The number of benzene rings is 2. The van der Waals surface area contributed by atoms with Crippen molar-refractivity contribution >= 4 is 23.2 Å². The van der Waals surface area contributed by atoms with Gasteiger partial charge in [0.15, 0.2) is 0 Å². The minimum absolute atomic E-state index is 0.0869. The fourth-order valence-electron chi connectivity index (χ4n) is 2.21. The van der Waals surface area contributed by atoms with Crippen LogP contribution in [0.25, 0.3) is 0 Å². The van der Waals surface area contributed by atoms with E-state index in [1.165, 1.54) is 0 Å². The molecule has 2 rings (SSSR count). The summed E-state index contributed by atoms with van der Waals surface area (Å²) in [6.07, 6.45) is 0. The maximum Gasteiger partial charge on any atom is 0.256 e. The number of hydrogen-bond donors (Lipinski definition) is 1. The summed E-state index contributed by atoms with van der Waals surface area (Å²) in [5.74, 6) is -0.0938. The van der Waals surface area contributed by atoms with Crippen molar-refractivity contribution in [2.45, 2.75) is 19.9 Å². The Bertz CT molecular complexity index is 670. The van der Waals surface area contributed by atoms with Crippen LogP contribution in [-0.2, 0) is 0 Å². The van der Waals surface area contributed by atoms with Crippen LogP contribution in [-0.4, -0.2) is 17.9 Å². The van der Waals surface area contributed by atoms with E-state index in [4.69, 9.17) is 17.3 Å². The molecule has 2 aromatic carbocycles. The van der Waals surface area contributed by atoms with Gasteiger partial charge in [0.05, 0.1) is 11.6 Å². The van der Waals surface area contributed by atoms with E-state index in [2.05, 4.69) is 0 Å². The minimum atomic E-state index is -0.0938. The Balaban J connectivity index is 2.28. The third-order valence-corrected chi connectivity index (χ3v) is 3.91. The zero-order valence-electron chi connectivity index (χ0n) is 12.4. The number of nitrogens with two attached hydrogens (primary N) is 1. The normalized spacial score (nSPS) is 12.0. The van der Waals surface area contributed by atoms with E-state index in [0.29, 0.717) is 16.3 Å². The molecule has 0 aliphatic heterocycles. The average Bonchev–Trinajstić information content (AvgIpc) is 2.47. The molecule has 2 N–H and O–H groups in total. The second kappa shape index (κ2) is 6.19. The number of carbonyl (C=O) groups is 1. The maximum absolute atomic E-state index is 12.6. The van der Waals surface area contributed by atoms with Crippen molar-refractivity contribution in [1.29, 1.82) is 0 Å². The van der Waals surface area contributed by atoms with Crippen LogP contribution in [0.3, 0.4) is 0 Å². The first-order chi connectivity index (χ1) is 9.90. The van der Waals surface area contributed by atoms with Crippen LogP contribution in [0.15, 0.2) is 42.5 Å². The number of aryl methyl sites for hydroxylation is 1. The van der Waals surface area contributed by atoms with Crippen molar-refractivity contribution in [3.63, 3.8) is 0 Å². The molecule has 0 saturated heterocycles. The van der Waals surface area contributed by atoms with Crippen LogP contribution >= 0.6 is 11.6 Å². The van der Waals surface area contributed by atoms with Crippen molar-refractivity contribution in [1.82, 2.24) is 4.90 Å². The summed E-state index contributed by atoms with van der Waals surface area (Å²) < 4.78 is 0. The predicted octanol–water partition coefficient (Wildman–Crippen LogP) is 4.06. The molecule has 3 nitrogen and oxygen atoms in total. The summed E-state index contributed by atoms with van der Waals surface area (Å²) in [6, 6.07) is 12.9. The highest BCUT2D eigenvalue weighted by Gasteiger charge is 2.20. The molecular formula is C17H19ClN2O.